The molecule has 0 bridgehead atoms. The summed E-state index contributed by atoms with van der Waals surface area (Å²) in [5.41, 5.74) is 1.43. The first kappa shape index (κ1) is 15.6. The van der Waals surface area contributed by atoms with Crippen molar-refractivity contribution < 1.29 is 4.79 Å². The van der Waals surface area contributed by atoms with E-state index in [9.17, 15) is 4.79 Å². The molecule has 1 aromatic carbocycles. The molecule has 0 saturated carbocycles. The van der Waals surface area contributed by atoms with Crippen LogP contribution in [0.15, 0.2) is 24.3 Å². The van der Waals surface area contributed by atoms with E-state index in [1.807, 2.05) is 11.0 Å². The number of hydrogen-bond donors (Lipinski definition) is 1. The highest BCUT2D eigenvalue weighted by molar-refractivity contribution is 6.13. The summed E-state index contributed by atoms with van der Waals surface area (Å²) in [5.74, 6) is 0. The smallest absolute Gasteiger partial charge is 0.321 e. The number of nitriles is 1. The van der Waals surface area contributed by atoms with E-state index in [0.29, 0.717) is 12.1 Å². The fourth-order valence-corrected chi connectivity index (χ4v) is 2.72. The van der Waals surface area contributed by atoms with Crippen molar-refractivity contribution in [3.05, 3.63) is 35.4 Å². The number of hydrazine groups is 1. The minimum atomic E-state index is -0.125. The number of benzene rings is 1. The highest BCUT2D eigenvalue weighted by Crippen LogP contribution is 2.18. The number of hydrogen-bond acceptors (Lipinski definition) is 3. The first-order valence-electron chi connectivity index (χ1n) is 7.09. The number of nitrogens with one attached hydrogen (secondary N) is 1. The normalized spacial score (nSPS) is 18.1. The maximum Gasteiger partial charge on any atom is 0.335 e. The van der Waals surface area contributed by atoms with Crippen LogP contribution in [0.5, 0.6) is 0 Å². The van der Waals surface area contributed by atoms with Gasteiger partial charge in [0.2, 0.25) is 0 Å². The Labute approximate surface area is 130 Å². The van der Waals surface area contributed by atoms with E-state index in [-0.39, 0.29) is 12.1 Å². The summed E-state index contributed by atoms with van der Waals surface area (Å²) in [7, 11) is 0. The maximum absolute atomic E-state index is 12.5. The van der Waals surface area contributed by atoms with Crippen molar-refractivity contribution in [2.75, 3.05) is 6.54 Å². The Morgan fingerprint density at radius 1 is 1.57 bits per heavy atom. The maximum atomic E-state index is 12.5. The zero-order valence-electron chi connectivity index (χ0n) is 12.1. The molecule has 0 aliphatic carbocycles. The SMILES string of the molecule is CC1CCCCN1C(=O)N(Cc1cccc(C#N)c1)NCl. The van der Waals surface area contributed by atoms with E-state index in [1.54, 1.807) is 18.2 Å². The van der Waals surface area contributed by atoms with Crippen molar-refractivity contribution >= 4 is 17.8 Å². The van der Waals surface area contributed by atoms with Crippen LogP contribution >= 0.6 is 11.8 Å². The fraction of sp³-hybridized carbons (Fsp3) is 0.467. The van der Waals surface area contributed by atoms with Gasteiger partial charge in [0.05, 0.1) is 18.2 Å². The molecule has 1 fully saturated rings. The van der Waals surface area contributed by atoms with Gasteiger partial charge in [0, 0.05) is 12.6 Å². The van der Waals surface area contributed by atoms with Gasteiger partial charge in [0.1, 0.15) is 0 Å². The van der Waals surface area contributed by atoms with Gasteiger partial charge in [-0.2, -0.15) is 5.26 Å². The number of nitrogens with zero attached hydrogens (tertiary/aromatic N) is 3. The number of likely N-dealkylation sites (tertiary alicyclic amines) is 1. The molecule has 5 nitrogen and oxygen atoms in total. The van der Waals surface area contributed by atoms with Gasteiger partial charge in [-0.15, -0.1) is 4.94 Å². The molecular formula is C15H19ClN4O. The molecule has 1 heterocycles. The van der Waals surface area contributed by atoms with Crippen LogP contribution in [-0.2, 0) is 6.54 Å². The number of rotatable bonds is 3. The molecule has 1 aliphatic heterocycles. The summed E-state index contributed by atoms with van der Waals surface area (Å²) in [6.45, 7) is 3.13. The molecule has 1 aromatic rings. The van der Waals surface area contributed by atoms with Crippen LogP contribution in [0.25, 0.3) is 0 Å². The van der Waals surface area contributed by atoms with Crippen LogP contribution in [0.3, 0.4) is 0 Å². The lowest BCUT2D eigenvalue weighted by molar-refractivity contribution is 0.111. The summed E-state index contributed by atoms with van der Waals surface area (Å²) >= 11 is 5.72. The molecule has 0 spiro atoms. The molecule has 0 aromatic heterocycles. The summed E-state index contributed by atoms with van der Waals surface area (Å²) < 4.78 is 0. The lowest BCUT2D eigenvalue weighted by Crippen LogP contribution is -2.51. The quantitative estimate of drug-likeness (QED) is 0.690. The minimum absolute atomic E-state index is 0.125. The summed E-state index contributed by atoms with van der Waals surface area (Å²) in [4.78, 5) is 16.8. The van der Waals surface area contributed by atoms with Gasteiger partial charge in [0.25, 0.3) is 0 Å². The van der Waals surface area contributed by atoms with Gasteiger partial charge in [0.15, 0.2) is 0 Å². The fourth-order valence-electron chi connectivity index (χ4n) is 2.59. The van der Waals surface area contributed by atoms with Gasteiger partial charge in [-0.05, 0) is 55.7 Å². The molecule has 1 N–H and O–H groups in total. The van der Waals surface area contributed by atoms with E-state index in [2.05, 4.69) is 17.9 Å². The zero-order chi connectivity index (χ0) is 15.2. The number of urea groups is 1. The van der Waals surface area contributed by atoms with Crippen molar-refractivity contribution in [3.63, 3.8) is 0 Å². The van der Waals surface area contributed by atoms with Crippen LogP contribution < -0.4 is 4.94 Å². The molecule has 2 amide bonds. The van der Waals surface area contributed by atoms with Crippen molar-refractivity contribution in [2.24, 2.45) is 0 Å². The highest BCUT2D eigenvalue weighted by atomic mass is 35.5. The number of halogens is 1. The lowest BCUT2D eigenvalue weighted by atomic mass is 10.0. The predicted octanol–water partition coefficient (Wildman–Crippen LogP) is 3.01. The summed E-state index contributed by atoms with van der Waals surface area (Å²) in [6.07, 6.45) is 3.20. The minimum Gasteiger partial charge on any atom is -0.321 e. The first-order chi connectivity index (χ1) is 10.2. The average molecular weight is 307 g/mol. The van der Waals surface area contributed by atoms with Crippen molar-refractivity contribution in [1.82, 2.24) is 14.9 Å². The second-order valence-corrected chi connectivity index (χ2v) is 5.47. The Morgan fingerprint density at radius 2 is 2.38 bits per heavy atom. The number of carbonyl (C=O) groups is 1. The van der Waals surface area contributed by atoms with Crippen molar-refractivity contribution in [2.45, 2.75) is 38.8 Å². The van der Waals surface area contributed by atoms with Gasteiger partial charge < -0.3 is 4.90 Å². The molecule has 21 heavy (non-hydrogen) atoms. The summed E-state index contributed by atoms with van der Waals surface area (Å²) in [6, 6.07) is 9.35. The van der Waals surface area contributed by atoms with Crippen LogP contribution in [0, 0.1) is 11.3 Å². The van der Waals surface area contributed by atoms with E-state index in [0.717, 1.165) is 31.4 Å². The zero-order valence-corrected chi connectivity index (χ0v) is 12.8. The molecule has 1 aliphatic rings. The van der Waals surface area contributed by atoms with Gasteiger partial charge >= 0.3 is 6.03 Å². The topological polar surface area (TPSA) is 59.4 Å². The molecule has 2 rings (SSSR count). The molecule has 112 valence electrons. The Morgan fingerprint density at radius 3 is 3.05 bits per heavy atom. The molecule has 0 radical (unpaired) electrons. The predicted molar refractivity (Wildman–Crippen MR) is 81.1 cm³/mol. The largest absolute Gasteiger partial charge is 0.335 e. The number of piperidine rings is 1. The van der Waals surface area contributed by atoms with Crippen LogP contribution in [0.2, 0.25) is 0 Å². The van der Waals surface area contributed by atoms with Gasteiger partial charge in [-0.1, -0.05) is 12.1 Å². The lowest BCUT2D eigenvalue weighted by Gasteiger charge is -2.36. The average Bonchev–Trinajstić information content (AvgIpc) is 2.52. The van der Waals surface area contributed by atoms with Crippen molar-refractivity contribution in [1.29, 1.82) is 5.26 Å². The van der Waals surface area contributed by atoms with E-state index < -0.39 is 0 Å². The third-order valence-corrected chi connectivity index (χ3v) is 3.98. The van der Waals surface area contributed by atoms with Crippen LogP contribution in [-0.4, -0.2) is 28.5 Å². The van der Waals surface area contributed by atoms with Crippen LogP contribution in [0.1, 0.15) is 37.3 Å². The monoisotopic (exact) mass is 306 g/mol. The van der Waals surface area contributed by atoms with Gasteiger partial charge in [-0.3, -0.25) is 0 Å². The van der Waals surface area contributed by atoms with Crippen LogP contribution in [0.4, 0.5) is 4.79 Å². The Hall–Kier alpha value is -1.77. The molecule has 6 heteroatoms. The standard InChI is InChI=1S/C15H19ClN4O/c1-12-5-2-3-8-19(12)15(21)20(18-16)11-14-7-4-6-13(9-14)10-17/h4,6-7,9,12,18H,2-3,5,8,11H2,1H3. The molecule has 1 unspecified atom stereocenters. The van der Waals surface area contributed by atoms with Gasteiger partial charge in [-0.25, -0.2) is 9.80 Å². The van der Waals surface area contributed by atoms with E-state index in [1.165, 1.54) is 5.01 Å². The molecule has 1 atom stereocenters. The van der Waals surface area contributed by atoms with E-state index in [4.69, 9.17) is 17.0 Å². The Kier molecular flexibility index (Phi) is 5.43. The molecular weight excluding hydrogens is 288 g/mol. The third kappa shape index (κ3) is 3.87. The third-order valence-electron chi connectivity index (χ3n) is 3.78. The van der Waals surface area contributed by atoms with E-state index >= 15 is 0 Å². The Bertz CT molecular complexity index is 543. The highest BCUT2D eigenvalue weighted by Gasteiger charge is 2.27. The Balaban J connectivity index is 2.08. The number of amides is 2. The van der Waals surface area contributed by atoms with Crippen molar-refractivity contribution in [3.8, 4) is 6.07 Å². The summed E-state index contributed by atoms with van der Waals surface area (Å²) in [5, 5.41) is 10.3. The second-order valence-electron chi connectivity index (χ2n) is 5.30. The first-order valence-corrected chi connectivity index (χ1v) is 7.47. The second kappa shape index (κ2) is 7.30. The molecule has 1 saturated heterocycles. The number of carbonyl (C=O) groups excluding carboxylic acids is 1.